The molecule has 1 aromatic rings. The highest BCUT2D eigenvalue weighted by Crippen LogP contribution is 2.31. The van der Waals surface area contributed by atoms with E-state index in [1.54, 1.807) is 7.11 Å². The van der Waals surface area contributed by atoms with Gasteiger partial charge in [0.25, 0.3) is 0 Å². The molecule has 3 heteroatoms. The van der Waals surface area contributed by atoms with E-state index in [9.17, 15) is 0 Å². The van der Waals surface area contributed by atoms with E-state index >= 15 is 0 Å². The molecule has 20 heavy (non-hydrogen) atoms. The second-order valence-electron chi connectivity index (χ2n) is 6.85. The number of nitrogens with two attached hydrogens (primary N) is 1. The number of hydrogen-bond donors (Lipinski definition) is 1. The molecule has 1 aliphatic rings. The zero-order valence-corrected chi connectivity index (χ0v) is 13.3. The summed E-state index contributed by atoms with van der Waals surface area (Å²) in [6.07, 6.45) is 2.58. The summed E-state index contributed by atoms with van der Waals surface area (Å²) in [5, 5.41) is 0. The van der Waals surface area contributed by atoms with Gasteiger partial charge in [0.1, 0.15) is 5.75 Å². The lowest BCUT2D eigenvalue weighted by molar-refractivity contribution is 0.112. The molecule has 0 bridgehead atoms. The van der Waals surface area contributed by atoms with Gasteiger partial charge in [-0.05, 0) is 37.8 Å². The van der Waals surface area contributed by atoms with Crippen molar-refractivity contribution < 1.29 is 4.74 Å². The van der Waals surface area contributed by atoms with Crippen LogP contribution in [0.2, 0.25) is 0 Å². The number of piperidine rings is 1. The Kier molecular flexibility index (Phi) is 4.71. The average Bonchev–Trinajstić information content (AvgIpc) is 2.37. The van der Waals surface area contributed by atoms with Crippen LogP contribution >= 0.6 is 0 Å². The zero-order valence-electron chi connectivity index (χ0n) is 13.3. The molecule has 2 N–H and O–H groups in total. The Labute approximate surface area is 123 Å². The molecule has 0 aliphatic carbocycles. The molecule has 1 heterocycles. The summed E-state index contributed by atoms with van der Waals surface area (Å²) < 4.78 is 5.45. The van der Waals surface area contributed by atoms with Crippen molar-refractivity contribution in [2.75, 3.05) is 26.7 Å². The van der Waals surface area contributed by atoms with Crippen LogP contribution in [0.15, 0.2) is 18.2 Å². The van der Waals surface area contributed by atoms with Crippen LogP contribution in [0.3, 0.4) is 0 Å². The van der Waals surface area contributed by atoms with Gasteiger partial charge in [-0.25, -0.2) is 0 Å². The van der Waals surface area contributed by atoms with Gasteiger partial charge in [-0.15, -0.1) is 0 Å². The van der Waals surface area contributed by atoms with Crippen molar-refractivity contribution in [2.24, 2.45) is 11.1 Å². The Morgan fingerprint density at radius 1 is 1.40 bits per heavy atom. The SMILES string of the molecule is COc1ccc(C)cc1C(N)CN1CCCC(C)(C)C1. The molecule has 0 saturated carbocycles. The summed E-state index contributed by atoms with van der Waals surface area (Å²) in [4.78, 5) is 2.50. The minimum atomic E-state index is 0.0127. The molecule has 3 nitrogen and oxygen atoms in total. The van der Waals surface area contributed by atoms with Crippen molar-refractivity contribution in [1.82, 2.24) is 4.90 Å². The van der Waals surface area contributed by atoms with Crippen molar-refractivity contribution in [2.45, 2.75) is 39.7 Å². The molecule has 1 aliphatic heterocycles. The van der Waals surface area contributed by atoms with Crippen molar-refractivity contribution >= 4 is 0 Å². The van der Waals surface area contributed by atoms with Gasteiger partial charge >= 0.3 is 0 Å². The van der Waals surface area contributed by atoms with Gasteiger partial charge in [0.05, 0.1) is 7.11 Å². The predicted molar refractivity (Wildman–Crippen MR) is 84.1 cm³/mol. The molecule has 1 saturated heterocycles. The molecular weight excluding hydrogens is 248 g/mol. The Balaban J connectivity index is 2.08. The molecule has 112 valence electrons. The second kappa shape index (κ2) is 6.15. The van der Waals surface area contributed by atoms with E-state index in [0.29, 0.717) is 5.41 Å². The van der Waals surface area contributed by atoms with Crippen molar-refractivity contribution in [3.05, 3.63) is 29.3 Å². The van der Waals surface area contributed by atoms with Crippen LogP contribution in [-0.4, -0.2) is 31.6 Å². The average molecular weight is 276 g/mol. The molecule has 1 aromatic carbocycles. The van der Waals surface area contributed by atoms with Crippen LogP contribution in [0.25, 0.3) is 0 Å². The maximum atomic E-state index is 6.44. The normalized spacial score (nSPS) is 20.6. The number of nitrogens with zero attached hydrogens (tertiary/aromatic N) is 1. The van der Waals surface area contributed by atoms with Gasteiger partial charge in [-0.3, -0.25) is 0 Å². The van der Waals surface area contributed by atoms with Gasteiger partial charge in [0.15, 0.2) is 0 Å². The fraction of sp³-hybridized carbons (Fsp3) is 0.647. The summed E-state index contributed by atoms with van der Waals surface area (Å²) in [7, 11) is 1.71. The summed E-state index contributed by atoms with van der Waals surface area (Å²) in [6.45, 7) is 9.98. The lowest BCUT2D eigenvalue weighted by Gasteiger charge is -2.39. The van der Waals surface area contributed by atoms with Gasteiger partial charge in [0, 0.05) is 24.7 Å². The highest BCUT2D eigenvalue weighted by Gasteiger charge is 2.27. The van der Waals surface area contributed by atoms with E-state index in [2.05, 4.69) is 37.8 Å². The van der Waals surface area contributed by atoms with E-state index in [1.165, 1.54) is 18.4 Å². The van der Waals surface area contributed by atoms with Crippen molar-refractivity contribution in [3.8, 4) is 5.75 Å². The number of methoxy groups -OCH3 is 1. The fourth-order valence-corrected chi connectivity index (χ4v) is 3.22. The molecule has 0 amide bonds. The number of hydrogen-bond acceptors (Lipinski definition) is 3. The number of rotatable bonds is 4. The molecule has 1 atom stereocenters. The first-order valence-electron chi connectivity index (χ1n) is 7.54. The molecule has 0 aromatic heterocycles. The number of ether oxygens (including phenoxy) is 1. The Morgan fingerprint density at radius 3 is 2.80 bits per heavy atom. The van der Waals surface area contributed by atoms with Crippen LogP contribution in [0.5, 0.6) is 5.75 Å². The van der Waals surface area contributed by atoms with E-state index in [0.717, 1.165) is 30.9 Å². The van der Waals surface area contributed by atoms with E-state index in [1.807, 2.05) is 6.07 Å². The van der Waals surface area contributed by atoms with Gasteiger partial charge in [0.2, 0.25) is 0 Å². The van der Waals surface area contributed by atoms with Gasteiger partial charge < -0.3 is 15.4 Å². The summed E-state index contributed by atoms with van der Waals surface area (Å²) in [5.41, 5.74) is 9.20. The monoisotopic (exact) mass is 276 g/mol. The smallest absolute Gasteiger partial charge is 0.123 e. The third-order valence-corrected chi connectivity index (χ3v) is 4.22. The first-order chi connectivity index (χ1) is 9.41. The van der Waals surface area contributed by atoms with E-state index < -0.39 is 0 Å². The minimum absolute atomic E-state index is 0.0127. The molecular formula is C17H28N2O. The minimum Gasteiger partial charge on any atom is -0.496 e. The standard InChI is InChI=1S/C17H28N2O/c1-13-6-7-16(20-4)14(10-13)15(18)11-19-9-5-8-17(2,3)12-19/h6-7,10,15H,5,8-9,11-12,18H2,1-4H3. The predicted octanol–water partition coefficient (Wildman–Crippen LogP) is 3.13. The van der Waals surface area contributed by atoms with Crippen molar-refractivity contribution in [3.63, 3.8) is 0 Å². The number of benzene rings is 1. The third kappa shape index (κ3) is 3.74. The Bertz CT molecular complexity index is 456. The van der Waals surface area contributed by atoms with E-state index in [-0.39, 0.29) is 6.04 Å². The molecule has 1 fully saturated rings. The second-order valence-corrected chi connectivity index (χ2v) is 6.85. The van der Waals surface area contributed by atoms with Crippen LogP contribution in [0, 0.1) is 12.3 Å². The third-order valence-electron chi connectivity index (χ3n) is 4.22. The molecule has 2 rings (SSSR count). The van der Waals surface area contributed by atoms with Crippen LogP contribution in [0.1, 0.15) is 43.9 Å². The maximum absolute atomic E-state index is 6.44. The first-order valence-corrected chi connectivity index (χ1v) is 7.54. The zero-order chi connectivity index (χ0) is 14.8. The Hall–Kier alpha value is -1.06. The molecule has 1 unspecified atom stereocenters. The summed E-state index contributed by atoms with van der Waals surface area (Å²) in [5.74, 6) is 0.902. The van der Waals surface area contributed by atoms with Crippen LogP contribution in [0.4, 0.5) is 0 Å². The first kappa shape index (κ1) is 15.3. The van der Waals surface area contributed by atoms with Gasteiger partial charge in [-0.2, -0.15) is 0 Å². The fourth-order valence-electron chi connectivity index (χ4n) is 3.22. The largest absolute Gasteiger partial charge is 0.496 e. The van der Waals surface area contributed by atoms with Crippen molar-refractivity contribution in [1.29, 1.82) is 0 Å². The molecule has 0 radical (unpaired) electrons. The Morgan fingerprint density at radius 2 is 2.15 bits per heavy atom. The maximum Gasteiger partial charge on any atom is 0.123 e. The van der Waals surface area contributed by atoms with E-state index in [4.69, 9.17) is 10.5 Å². The lowest BCUT2D eigenvalue weighted by Crippen LogP contribution is -2.43. The van der Waals surface area contributed by atoms with Gasteiger partial charge in [-0.1, -0.05) is 31.5 Å². The highest BCUT2D eigenvalue weighted by atomic mass is 16.5. The topological polar surface area (TPSA) is 38.5 Å². The molecule has 0 spiro atoms. The summed E-state index contributed by atoms with van der Waals surface area (Å²) in [6, 6.07) is 6.25. The highest BCUT2D eigenvalue weighted by molar-refractivity contribution is 5.39. The van der Waals surface area contributed by atoms with Crippen LogP contribution in [-0.2, 0) is 0 Å². The van der Waals surface area contributed by atoms with Crippen LogP contribution < -0.4 is 10.5 Å². The number of aryl methyl sites for hydroxylation is 1. The summed E-state index contributed by atoms with van der Waals surface area (Å²) >= 11 is 0. The number of likely N-dealkylation sites (tertiary alicyclic amines) is 1. The quantitative estimate of drug-likeness (QED) is 0.918. The lowest BCUT2D eigenvalue weighted by atomic mass is 9.84.